The number of hydrogen-bond donors (Lipinski definition) is 1. The lowest BCUT2D eigenvalue weighted by Gasteiger charge is -2.23. The summed E-state index contributed by atoms with van der Waals surface area (Å²) in [6, 6.07) is 9.85. The molecule has 150 valence electrons. The summed E-state index contributed by atoms with van der Waals surface area (Å²) in [6.45, 7) is 6.55. The van der Waals surface area contributed by atoms with Crippen molar-refractivity contribution in [2.24, 2.45) is 0 Å². The van der Waals surface area contributed by atoms with Crippen LogP contribution in [0.2, 0.25) is 0 Å². The standard InChI is InChI=1S/C22H25N5O2/c1-5-23-21-20-18(27(26-21)22-24-13(2)10-14(3)25-22)11-16(12-19(20)28)15-6-8-17(29-4)9-7-15/h6-10,16H,5,11-12H2,1-4H3,(H,23,26). The fourth-order valence-corrected chi connectivity index (χ4v) is 3.94. The van der Waals surface area contributed by atoms with Gasteiger partial charge in [0.15, 0.2) is 11.6 Å². The lowest BCUT2D eigenvalue weighted by Crippen LogP contribution is -2.21. The van der Waals surface area contributed by atoms with Crippen LogP contribution in [0.4, 0.5) is 5.82 Å². The van der Waals surface area contributed by atoms with Crippen LogP contribution in [-0.4, -0.2) is 39.2 Å². The molecule has 2 aromatic heterocycles. The number of nitrogens with one attached hydrogen (secondary N) is 1. The van der Waals surface area contributed by atoms with E-state index in [4.69, 9.17) is 4.74 Å². The molecule has 0 radical (unpaired) electrons. The van der Waals surface area contributed by atoms with E-state index in [9.17, 15) is 4.79 Å². The van der Waals surface area contributed by atoms with E-state index >= 15 is 0 Å². The highest BCUT2D eigenvalue weighted by Crippen LogP contribution is 2.37. The van der Waals surface area contributed by atoms with Gasteiger partial charge in [-0.05, 0) is 56.9 Å². The van der Waals surface area contributed by atoms with Gasteiger partial charge in [-0.1, -0.05) is 12.1 Å². The molecule has 1 aliphatic carbocycles. The third-order valence-electron chi connectivity index (χ3n) is 5.22. The normalized spacial score (nSPS) is 15.9. The maximum atomic E-state index is 13.1. The van der Waals surface area contributed by atoms with Gasteiger partial charge >= 0.3 is 0 Å². The van der Waals surface area contributed by atoms with Crippen molar-refractivity contribution >= 4 is 11.6 Å². The Hall–Kier alpha value is -3.22. The number of aryl methyl sites for hydroxylation is 2. The number of aromatic nitrogens is 4. The van der Waals surface area contributed by atoms with Crippen molar-refractivity contribution in [3.8, 4) is 11.7 Å². The van der Waals surface area contributed by atoms with Crippen molar-refractivity contribution in [2.75, 3.05) is 19.0 Å². The summed E-state index contributed by atoms with van der Waals surface area (Å²) < 4.78 is 6.99. The van der Waals surface area contributed by atoms with Crippen molar-refractivity contribution in [3.05, 3.63) is 58.5 Å². The summed E-state index contributed by atoms with van der Waals surface area (Å²) in [4.78, 5) is 22.2. The van der Waals surface area contributed by atoms with Gasteiger partial charge in [-0.3, -0.25) is 4.79 Å². The Morgan fingerprint density at radius 2 is 1.83 bits per heavy atom. The van der Waals surface area contributed by atoms with Crippen LogP contribution in [0.25, 0.3) is 5.95 Å². The van der Waals surface area contributed by atoms with E-state index in [0.717, 1.165) is 28.4 Å². The SMILES string of the molecule is CCNc1nn(-c2nc(C)cc(C)n2)c2c1C(=O)CC(c1ccc(OC)cc1)C2. The first kappa shape index (κ1) is 19.1. The maximum absolute atomic E-state index is 13.1. The van der Waals surface area contributed by atoms with Crippen molar-refractivity contribution in [3.63, 3.8) is 0 Å². The average Bonchev–Trinajstić information content (AvgIpc) is 3.06. The van der Waals surface area contributed by atoms with Gasteiger partial charge < -0.3 is 10.1 Å². The predicted octanol–water partition coefficient (Wildman–Crippen LogP) is 3.63. The Labute approximate surface area is 170 Å². The molecule has 0 bridgehead atoms. The molecule has 0 spiro atoms. The molecular weight excluding hydrogens is 366 g/mol. The van der Waals surface area contributed by atoms with Gasteiger partial charge in [0.05, 0.1) is 18.4 Å². The van der Waals surface area contributed by atoms with E-state index in [1.54, 1.807) is 11.8 Å². The van der Waals surface area contributed by atoms with Crippen LogP contribution < -0.4 is 10.1 Å². The van der Waals surface area contributed by atoms with Crippen LogP contribution in [0.15, 0.2) is 30.3 Å². The van der Waals surface area contributed by atoms with Crippen molar-refractivity contribution in [2.45, 2.75) is 39.5 Å². The molecule has 0 saturated heterocycles. The highest BCUT2D eigenvalue weighted by molar-refractivity contribution is 6.03. The predicted molar refractivity (Wildman–Crippen MR) is 111 cm³/mol. The Bertz CT molecular complexity index is 1040. The zero-order valence-corrected chi connectivity index (χ0v) is 17.2. The molecular formula is C22H25N5O2. The lowest BCUT2D eigenvalue weighted by molar-refractivity contribution is 0.0964. The molecule has 0 saturated carbocycles. The van der Waals surface area contributed by atoms with Crippen LogP contribution in [0, 0.1) is 13.8 Å². The quantitative estimate of drug-likeness (QED) is 0.715. The van der Waals surface area contributed by atoms with E-state index in [2.05, 4.69) is 20.4 Å². The molecule has 2 heterocycles. The number of methoxy groups -OCH3 is 1. The number of anilines is 1. The number of hydrogen-bond acceptors (Lipinski definition) is 6. The molecule has 7 heteroatoms. The van der Waals surface area contributed by atoms with Gasteiger partial charge in [0.2, 0.25) is 0 Å². The van der Waals surface area contributed by atoms with Gasteiger partial charge in [0, 0.05) is 24.4 Å². The van der Waals surface area contributed by atoms with E-state index in [1.165, 1.54) is 0 Å². The number of carbonyl (C=O) groups excluding carboxylic acids is 1. The maximum Gasteiger partial charge on any atom is 0.251 e. The Morgan fingerprint density at radius 3 is 2.45 bits per heavy atom. The highest BCUT2D eigenvalue weighted by atomic mass is 16.5. The molecule has 0 aliphatic heterocycles. The van der Waals surface area contributed by atoms with Crippen LogP contribution in [0.1, 0.15) is 52.3 Å². The third-order valence-corrected chi connectivity index (χ3v) is 5.22. The Morgan fingerprint density at radius 1 is 1.14 bits per heavy atom. The first-order valence-electron chi connectivity index (χ1n) is 9.85. The molecule has 4 rings (SSSR count). The summed E-state index contributed by atoms with van der Waals surface area (Å²) in [6.07, 6.45) is 1.15. The van der Waals surface area contributed by atoms with Crippen LogP contribution in [-0.2, 0) is 6.42 Å². The third kappa shape index (κ3) is 3.60. The van der Waals surface area contributed by atoms with Gasteiger partial charge in [-0.25, -0.2) is 14.6 Å². The second kappa shape index (κ2) is 7.66. The minimum absolute atomic E-state index is 0.0803. The molecule has 7 nitrogen and oxygen atoms in total. The topological polar surface area (TPSA) is 81.9 Å². The molecule has 1 atom stereocenters. The fourth-order valence-electron chi connectivity index (χ4n) is 3.94. The van der Waals surface area contributed by atoms with E-state index in [-0.39, 0.29) is 11.7 Å². The number of benzene rings is 1. The van der Waals surface area contributed by atoms with Crippen LogP contribution in [0.3, 0.4) is 0 Å². The molecule has 1 unspecified atom stereocenters. The smallest absolute Gasteiger partial charge is 0.251 e. The lowest BCUT2D eigenvalue weighted by atomic mass is 9.82. The van der Waals surface area contributed by atoms with E-state index in [0.29, 0.717) is 36.7 Å². The van der Waals surface area contributed by atoms with Gasteiger partial charge in [0.1, 0.15) is 5.75 Å². The zero-order valence-electron chi connectivity index (χ0n) is 17.2. The summed E-state index contributed by atoms with van der Waals surface area (Å²) in [5.74, 6) is 2.10. The minimum Gasteiger partial charge on any atom is -0.497 e. The van der Waals surface area contributed by atoms with Gasteiger partial charge in [0.25, 0.3) is 5.95 Å². The second-order valence-corrected chi connectivity index (χ2v) is 7.36. The van der Waals surface area contributed by atoms with Gasteiger partial charge in [-0.2, -0.15) is 0 Å². The fraction of sp³-hybridized carbons (Fsp3) is 0.364. The molecule has 1 N–H and O–H groups in total. The monoisotopic (exact) mass is 391 g/mol. The first-order chi connectivity index (χ1) is 14.0. The van der Waals surface area contributed by atoms with Crippen molar-refractivity contribution in [1.29, 1.82) is 0 Å². The van der Waals surface area contributed by atoms with E-state index in [1.807, 2.05) is 51.1 Å². The molecule has 0 fully saturated rings. The summed E-state index contributed by atoms with van der Waals surface area (Å²) in [7, 11) is 1.65. The molecule has 3 aromatic rings. The van der Waals surface area contributed by atoms with Gasteiger partial charge in [-0.15, -0.1) is 5.10 Å². The average molecular weight is 391 g/mol. The van der Waals surface area contributed by atoms with Crippen molar-refractivity contribution < 1.29 is 9.53 Å². The number of carbonyl (C=O) groups is 1. The largest absolute Gasteiger partial charge is 0.497 e. The summed E-state index contributed by atoms with van der Waals surface area (Å²) >= 11 is 0. The number of fused-ring (bicyclic) bond motifs is 1. The minimum atomic E-state index is 0.0803. The Balaban J connectivity index is 1.80. The van der Waals surface area contributed by atoms with Crippen LogP contribution >= 0.6 is 0 Å². The molecule has 1 aromatic carbocycles. The molecule has 29 heavy (non-hydrogen) atoms. The number of Topliss-reactive ketones (excluding diaryl/α,β-unsaturated/α-hetero) is 1. The first-order valence-corrected chi connectivity index (χ1v) is 9.85. The summed E-state index contributed by atoms with van der Waals surface area (Å²) in [5.41, 5.74) is 4.39. The Kier molecular flexibility index (Phi) is 5.05. The number of ether oxygens (including phenoxy) is 1. The molecule has 0 amide bonds. The second-order valence-electron chi connectivity index (χ2n) is 7.36. The number of rotatable bonds is 5. The molecule has 1 aliphatic rings. The number of ketones is 1. The highest BCUT2D eigenvalue weighted by Gasteiger charge is 2.34. The van der Waals surface area contributed by atoms with Crippen LogP contribution in [0.5, 0.6) is 5.75 Å². The van der Waals surface area contributed by atoms with Crippen molar-refractivity contribution in [1.82, 2.24) is 19.7 Å². The summed E-state index contributed by atoms with van der Waals surface area (Å²) in [5, 5.41) is 7.91. The number of nitrogens with zero attached hydrogens (tertiary/aromatic N) is 4. The van der Waals surface area contributed by atoms with E-state index < -0.39 is 0 Å². The zero-order chi connectivity index (χ0) is 20.5.